The summed E-state index contributed by atoms with van der Waals surface area (Å²) in [7, 11) is 0. The first-order valence-electron chi connectivity index (χ1n) is 6.75. The van der Waals surface area contributed by atoms with Crippen LogP contribution in [0.4, 0.5) is 11.4 Å². The van der Waals surface area contributed by atoms with Gasteiger partial charge in [-0.1, -0.05) is 12.1 Å². The van der Waals surface area contributed by atoms with E-state index in [0.717, 1.165) is 16.7 Å². The summed E-state index contributed by atoms with van der Waals surface area (Å²) < 4.78 is 0.982. The van der Waals surface area contributed by atoms with E-state index in [1.54, 1.807) is 12.1 Å². The Morgan fingerprint density at radius 1 is 1.27 bits per heavy atom. The van der Waals surface area contributed by atoms with Gasteiger partial charge in [0.1, 0.15) is 5.75 Å². The highest BCUT2D eigenvalue weighted by Crippen LogP contribution is 2.29. The lowest BCUT2D eigenvalue weighted by atomic mass is 10.2. The van der Waals surface area contributed by atoms with Crippen molar-refractivity contribution in [2.24, 2.45) is 4.99 Å². The molecule has 0 atom stereocenters. The normalized spacial score (nSPS) is 13.6. The number of nitrogens with zero attached hydrogens (tertiary/aromatic N) is 3. The van der Waals surface area contributed by atoms with E-state index in [2.05, 4.69) is 26.2 Å². The zero-order chi connectivity index (χ0) is 15.5. The summed E-state index contributed by atoms with van der Waals surface area (Å²) in [5, 5.41) is 22.0. The lowest BCUT2D eigenvalue weighted by molar-refractivity contribution is 0.477. The molecule has 22 heavy (non-hydrogen) atoms. The van der Waals surface area contributed by atoms with E-state index < -0.39 is 0 Å². The first kappa shape index (κ1) is 14.4. The van der Waals surface area contributed by atoms with Crippen molar-refractivity contribution >= 4 is 33.3 Å². The van der Waals surface area contributed by atoms with E-state index in [4.69, 9.17) is 5.26 Å². The minimum atomic E-state index is 0.0285. The number of nitrogens with one attached hydrogen (secondary N) is 1. The van der Waals surface area contributed by atoms with Crippen molar-refractivity contribution in [3.05, 3.63) is 52.5 Å². The van der Waals surface area contributed by atoms with E-state index >= 15 is 0 Å². The van der Waals surface area contributed by atoms with Crippen molar-refractivity contribution in [2.75, 3.05) is 23.3 Å². The molecule has 3 rings (SSSR count). The van der Waals surface area contributed by atoms with E-state index in [0.29, 0.717) is 23.8 Å². The molecule has 0 aliphatic carbocycles. The minimum Gasteiger partial charge on any atom is -0.506 e. The summed E-state index contributed by atoms with van der Waals surface area (Å²) in [6.07, 6.45) is 0. The van der Waals surface area contributed by atoms with Gasteiger partial charge in [0.05, 0.1) is 29.6 Å². The summed E-state index contributed by atoms with van der Waals surface area (Å²) in [6.45, 7) is 1.45. The lowest BCUT2D eigenvalue weighted by Crippen LogP contribution is -2.33. The van der Waals surface area contributed by atoms with Crippen LogP contribution >= 0.6 is 15.9 Å². The number of guanidine groups is 1. The smallest absolute Gasteiger partial charge is 0.203 e. The Kier molecular flexibility index (Phi) is 3.98. The number of phenols is 1. The Morgan fingerprint density at radius 2 is 2.09 bits per heavy atom. The van der Waals surface area contributed by atoms with Gasteiger partial charge < -0.3 is 15.3 Å². The fraction of sp³-hybridized carbons (Fsp3) is 0.125. The molecule has 0 saturated carbocycles. The highest BCUT2D eigenvalue weighted by molar-refractivity contribution is 9.10. The fourth-order valence-electron chi connectivity index (χ4n) is 2.29. The van der Waals surface area contributed by atoms with Crippen LogP contribution in [0.2, 0.25) is 0 Å². The molecule has 0 fully saturated rings. The van der Waals surface area contributed by atoms with Crippen molar-refractivity contribution in [1.29, 1.82) is 5.26 Å². The SMILES string of the molecule is N#Cc1ccc(NC2=NCCN2c2ccccc2Br)c(O)c1. The average molecular weight is 357 g/mol. The van der Waals surface area contributed by atoms with Crippen LogP contribution in [-0.4, -0.2) is 24.2 Å². The molecule has 0 saturated heterocycles. The quantitative estimate of drug-likeness (QED) is 0.809. The van der Waals surface area contributed by atoms with Gasteiger partial charge in [0, 0.05) is 11.0 Å². The molecule has 110 valence electrons. The van der Waals surface area contributed by atoms with Gasteiger partial charge in [-0.25, -0.2) is 0 Å². The van der Waals surface area contributed by atoms with Crippen molar-refractivity contribution < 1.29 is 5.11 Å². The zero-order valence-corrected chi connectivity index (χ0v) is 13.2. The zero-order valence-electron chi connectivity index (χ0n) is 11.6. The number of para-hydroxylation sites is 1. The molecule has 0 unspecified atom stereocenters. The number of nitriles is 1. The van der Waals surface area contributed by atoms with Gasteiger partial charge in [-0.3, -0.25) is 4.99 Å². The van der Waals surface area contributed by atoms with E-state index in [-0.39, 0.29) is 5.75 Å². The van der Waals surface area contributed by atoms with Gasteiger partial charge in [0.25, 0.3) is 0 Å². The van der Waals surface area contributed by atoms with Crippen LogP contribution < -0.4 is 10.2 Å². The van der Waals surface area contributed by atoms with Crippen molar-refractivity contribution in [3.8, 4) is 11.8 Å². The number of aromatic hydroxyl groups is 1. The molecule has 1 aliphatic rings. The van der Waals surface area contributed by atoms with Gasteiger partial charge in [0.15, 0.2) is 0 Å². The van der Waals surface area contributed by atoms with Gasteiger partial charge in [-0.15, -0.1) is 0 Å². The topological polar surface area (TPSA) is 71.7 Å². The Morgan fingerprint density at radius 3 is 2.82 bits per heavy atom. The van der Waals surface area contributed by atoms with E-state index in [1.807, 2.05) is 35.2 Å². The molecular weight excluding hydrogens is 344 g/mol. The molecule has 2 aromatic carbocycles. The van der Waals surface area contributed by atoms with E-state index in [9.17, 15) is 5.11 Å². The van der Waals surface area contributed by atoms with Crippen LogP contribution in [0.5, 0.6) is 5.75 Å². The standard InChI is InChI=1S/C16H13BrN4O/c17-12-3-1-2-4-14(12)21-8-7-19-16(21)20-13-6-5-11(10-18)9-15(13)22/h1-6,9,22H,7-8H2,(H,19,20). The minimum absolute atomic E-state index is 0.0285. The first-order chi connectivity index (χ1) is 10.7. The molecule has 0 radical (unpaired) electrons. The average Bonchev–Trinajstić information content (AvgIpc) is 2.98. The maximum Gasteiger partial charge on any atom is 0.203 e. The molecule has 0 spiro atoms. The monoisotopic (exact) mass is 356 g/mol. The number of hydrogen-bond acceptors (Lipinski definition) is 5. The Balaban J connectivity index is 1.86. The Labute approximate surface area is 136 Å². The van der Waals surface area contributed by atoms with Crippen LogP contribution in [0, 0.1) is 11.3 Å². The molecular formula is C16H13BrN4O. The Hall–Kier alpha value is -2.52. The molecule has 1 heterocycles. The third-order valence-electron chi connectivity index (χ3n) is 3.36. The van der Waals surface area contributed by atoms with Crippen molar-refractivity contribution in [3.63, 3.8) is 0 Å². The second kappa shape index (κ2) is 6.08. The lowest BCUT2D eigenvalue weighted by Gasteiger charge is -2.22. The van der Waals surface area contributed by atoms with Crippen molar-refractivity contribution in [2.45, 2.75) is 0 Å². The van der Waals surface area contributed by atoms with Gasteiger partial charge in [-0.2, -0.15) is 5.26 Å². The molecule has 2 N–H and O–H groups in total. The molecule has 0 bridgehead atoms. The number of hydrogen-bond donors (Lipinski definition) is 2. The van der Waals surface area contributed by atoms with Gasteiger partial charge in [0.2, 0.25) is 5.96 Å². The third kappa shape index (κ3) is 2.76. The maximum atomic E-state index is 10.00. The number of anilines is 2. The molecule has 1 aliphatic heterocycles. The number of benzene rings is 2. The molecule has 2 aromatic rings. The summed E-state index contributed by atoms with van der Waals surface area (Å²) in [4.78, 5) is 6.49. The molecule has 5 nitrogen and oxygen atoms in total. The van der Waals surface area contributed by atoms with E-state index in [1.165, 1.54) is 6.07 Å². The predicted molar refractivity (Wildman–Crippen MR) is 90.2 cm³/mol. The molecule has 6 heteroatoms. The number of phenolic OH excluding ortho intramolecular Hbond substituents is 1. The van der Waals surface area contributed by atoms with Crippen molar-refractivity contribution in [1.82, 2.24) is 0 Å². The first-order valence-corrected chi connectivity index (χ1v) is 7.55. The fourth-order valence-corrected chi connectivity index (χ4v) is 2.79. The maximum absolute atomic E-state index is 10.00. The second-order valence-electron chi connectivity index (χ2n) is 4.78. The second-order valence-corrected chi connectivity index (χ2v) is 5.63. The largest absolute Gasteiger partial charge is 0.506 e. The molecule has 0 aromatic heterocycles. The van der Waals surface area contributed by atoms with Gasteiger partial charge >= 0.3 is 0 Å². The Bertz CT molecular complexity index is 782. The molecule has 0 amide bonds. The predicted octanol–water partition coefficient (Wildman–Crippen LogP) is 3.31. The summed E-state index contributed by atoms with van der Waals surface area (Å²) in [5.74, 6) is 0.702. The van der Waals surface area contributed by atoms with Gasteiger partial charge in [-0.05, 0) is 46.3 Å². The summed E-state index contributed by atoms with van der Waals surface area (Å²) >= 11 is 3.54. The van der Waals surface area contributed by atoms with Crippen LogP contribution in [-0.2, 0) is 0 Å². The highest BCUT2D eigenvalue weighted by atomic mass is 79.9. The van der Waals surface area contributed by atoms with Crippen LogP contribution in [0.15, 0.2) is 51.9 Å². The summed E-state index contributed by atoms with van der Waals surface area (Å²) in [5.41, 5.74) is 1.95. The number of rotatable bonds is 2. The highest BCUT2D eigenvalue weighted by Gasteiger charge is 2.21. The number of aliphatic imine (C=N–C) groups is 1. The number of halogens is 1. The summed E-state index contributed by atoms with van der Waals surface area (Å²) in [6, 6.07) is 14.7. The third-order valence-corrected chi connectivity index (χ3v) is 4.03. The van der Waals surface area contributed by atoms with Crippen LogP contribution in [0.25, 0.3) is 0 Å². The van der Waals surface area contributed by atoms with Crippen LogP contribution in [0.3, 0.4) is 0 Å². The van der Waals surface area contributed by atoms with Crippen LogP contribution in [0.1, 0.15) is 5.56 Å².